The minimum absolute atomic E-state index is 0.0951. The maximum atomic E-state index is 5.83. The van der Waals surface area contributed by atoms with Crippen molar-refractivity contribution in [3.63, 3.8) is 0 Å². The Bertz CT molecular complexity index is 508. The van der Waals surface area contributed by atoms with E-state index < -0.39 is 0 Å². The van der Waals surface area contributed by atoms with Crippen molar-refractivity contribution < 1.29 is 4.74 Å². The Labute approximate surface area is 133 Å². The molecule has 1 aromatic rings. The highest BCUT2D eigenvalue weighted by molar-refractivity contribution is 7.98. The molecule has 1 aliphatic rings. The normalized spacial score (nSPS) is 16.7. The van der Waals surface area contributed by atoms with Crippen LogP contribution < -0.4 is 0 Å². The van der Waals surface area contributed by atoms with E-state index in [4.69, 9.17) is 9.73 Å². The van der Waals surface area contributed by atoms with E-state index in [1.54, 1.807) is 11.8 Å². The van der Waals surface area contributed by atoms with Gasteiger partial charge >= 0.3 is 0 Å². The summed E-state index contributed by atoms with van der Waals surface area (Å²) in [5.74, 6) is 0.819. The Morgan fingerprint density at radius 1 is 1.24 bits per heavy atom. The lowest BCUT2D eigenvalue weighted by Crippen LogP contribution is -2.17. The molecule has 0 saturated carbocycles. The molecule has 0 amide bonds. The summed E-state index contributed by atoms with van der Waals surface area (Å²) in [4.78, 5) is 5.98. The number of benzene rings is 1. The lowest BCUT2D eigenvalue weighted by Gasteiger charge is -2.10. The maximum absolute atomic E-state index is 5.83. The number of hydrogen-bond acceptors (Lipinski definition) is 3. The Hall–Kier alpha value is -0.960. The summed E-state index contributed by atoms with van der Waals surface area (Å²) in [5, 5.41) is 0. The van der Waals surface area contributed by atoms with Gasteiger partial charge in [-0.2, -0.15) is 0 Å². The number of ether oxygens (including phenoxy) is 1. The first-order valence-corrected chi connectivity index (χ1v) is 9.18. The first-order chi connectivity index (χ1) is 10.1. The van der Waals surface area contributed by atoms with Gasteiger partial charge in [-0.05, 0) is 50.6 Å². The van der Waals surface area contributed by atoms with Crippen LogP contribution in [0, 0.1) is 0 Å². The zero-order chi connectivity index (χ0) is 15.3. The molecule has 0 fully saturated rings. The molecular weight excluding hydrogens is 278 g/mol. The predicted octanol–water partition coefficient (Wildman–Crippen LogP) is 5.09. The van der Waals surface area contributed by atoms with Crippen molar-refractivity contribution in [2.24, 2.45) is 4.99 Å². The van der Waals surface area contributed by atoms with Crippen LogP contribution in [-0.4, -0.2) is 24.3 Å². The molecule has 0 aliphatic carbocycles. The van der Waals surface area contributed by atoms with Crippen LogP contribution in [0.3, 0.4) is 0 Å². The van der Waals surface area contributed by atoms with Crippen molar-refractivity contribution in [2.75, 3.05) is 12.9 Å². The van der Waals surface area contributed by atoms with Crippen LogP contribution in [0.15, 0.2) is 28.1 Å². The first-order valence-electron chi connectivity index (χ1n) is 7.95. The van der Waals surface area contributed by atoms with Gasteiger partial charge in [0.2, 0.25) is 5.90 Å². The van der Waals surface area contributed by atoms with E-state index in [-0.39, 0.29) is 5.54 Å². The van der Waals surface area contributed by atoms with Crippen LogP contribution in [0.2, 0.25) is 0 Å². The summed E-state index contributed by atoms with van der Waals surface area (Å²) in [6, 6.07) is 6.74. The number of thioether (sulfide) groups is 1. The van der Waals surface area contributed by atoms with E-state index in [2.05, 4.69) is 45.2 Å². The van der Waals surface area contributed by atoms with Crippen LogP contribution in [0.5, 0.6) is 0 Å². The Morgan fingerprint density at radius 3 is 2.67 bits per heavy atom. The second-order valence-electron chi connectivity index (χ2n) is 6.36. The molecule has 0 N–H and O–H groups in total. The van der Waals surface area contributed by atoms with Gasteiger partial charge in [-0.3, -0.25) is 0 Å². The second-order valence-corrected chi connectivity index (χ2v) is 7.21. The summed E-state index contributed by atoms with van der Waals surface area (Å²) in [7, 11) is 0. The van der Waals surface area contributed by atoms with Crippen molar-refractivity contribution in [1.29, 1.82) is 0 Å². The zero-order valence-corrected chi connectivity index (χ0v) is 14.6. The average Bonchev–Trinajstić information content (AvgIpc) is 2.83. The molecule has 3 heteroatoms. The Kier molecular flexibility index (Phi) is 5.74. The Morgan fingerprint density at radius 2 is 2.05 bits per heavy atom. The molecule has 0 aromatic heterocycles. The van der Waals surface area contributed by atoms with Gasteiger partial charge in [0.25, 0.3) is 0 Å². The molecule has 0 unspecified atom stereocenters. The van der Waals surface area contributed by atoms with Crippen LogP contribution in [-0.2, 0) is 11.2 Å². The van der Waals surface area contributed by atoms with E-state index in [1.807, 2.05) is 0 Å². The summed E-state index contributed by atoms with van der Waals surface area (Å²) in [6.07, 6.45) is 8.47. The van der Waals surface area contributed by atoms with Crippen molar-refractivity contribution in [3.8, 4) is 0 Å². The fourth-order valence-electron chi connectivity index (χ4n) is 2.56. The minimum atomic E-state index is -0.0951. The van der Waals surface area contributed by atoms with Gasteiger partial charge in [-0.15, -0.1) is 11.8 Å². The molecule has 116 valence electrons. The molecule has 21 heavy (non-hydrogen) atoms. The topological polar surface area (TPSA) is 21.6 Å². The molecule has 0 saturated heterocycles. The third kappa shape index (κ3) is 4.50. The smallest absolute Gasteiger partial charge is 0.217 e. The number of aliphatic imine (C=N–C) groups is 1. The molecule has 2 nitrogen and oxygen atoms in total. The second kappa shape index (κ2) is 7.35. The van der Waals surface area contributed by atoms with Gasteiger partial charge in [0, 0.05) is 4.90 Å². The lowest BCUT2D eigenvalue weighted by molar-refractivity contribution is 0.279. The van der Waals surface area contributed by atoms with Gasteiger partial charge in [-0.25, -0.2) is 4.99 Å². The number of aryl methyl sites for hydroxylation is 1. The molecule has 0 atom stereocenters. The van der Waals surface area contributed by atoms with Crippen LogP contribution >= 0.6 is 11.8 Å². The molecular formula is C18H27NOS. The molecule has 0 bridgehead atoms. The number of hydrogen-bond donors (Lipinski definition) is 0. The number of nitrogens with zero attached hydrogens (tertiary/aromatic N) is 1. The Balaban J connectivity index is 2.15. The number of rotatable bonds is 7. The maximum Gasteiger partial charge on any atom is 0.217 e. The highest BCUT2D eigenvalue weighted by Gasteiger charge is 2.28. The molecule has 2 rings (SSSR count). The predicted molar refractivity (Wildman–Crippen MR) is 92.6 cm³/mol. The van der Waals surface area contributed by atoms with Crippen molar-refractivity contribution in [3.05, 3.63) is 29.3 Å². The van der Waals surface area contributed by atoms with Gasteiger partial charge < -0.3 is 4.74 Å². The van der Waals surface area contributed by atoms with Crippen LogP contribution in [0.25, 0.3) is 0 Å². The van der Waals surface area contributed by atoms with E-state index in [0.717, 1.165) is 12.3 Å². The summed E-state index contributed by atoms with van der Waals surface area (Å²) in [5.41, 5.74) is 2.47. The third-order valence-electron chi connectivity index (χ3n) is 3.78. The van der Waals surface area contributed by atoms with Crippen molar-refractivity contribution in [1.82, 2.24) is 0 Å². The fraction of sp³-hybridized carbons (Fsp3) is 0.611. The SMILES string of the molecule is CCCCCCc1ccc(SC)c(C2=NC(C)(C)CO2)c1. The zero-order valence-electron chi connectivity index (χ0n) is 13.7. The average molecular weight is 305 g/mol. The van der Waals surface area contributed by atoms with Gasteiger partial charge in [-0.1, -0.05) is 32.3 Å². The van der Waals surface area contributed by atoms with Gasteiger partial charge in [0.1, 0.15) is 6.61 Å². The van der Waals surface area contributed by atoms with E-state index >= 15 is 0 Å². The standard InChI is InChI=1S/C18H27NOS/c1-5-6-7-8-9-14-10-11-16(21-4)15(12-14)17-19-18(2,3)13-20-17/h10-12H,5-9,13H2,1-4H3. The van der Waals surface area contributed by atoms with Crippen molar-refractivity contribution in [2.45, 2.75) is 63.3 Å². The van der Waals surface area contributed by atoms with Gasteiger partial charge in [0.15, 0.2) is 0 Å². The molecule has 1 aromatic carbocycles. The number of unbranched alkanes of at least 4 members (excludes halogenated alkanes) is 3. The van der Waals surface area contributed by atoms with Gasteiger partial charge in [0.05, 0.1) is 11.1 Å². The van der Waals surface area contributed by atoms with Crippen LogP contribution in [0.1, 0.15) is 57.6 Å². The molecule has 1 heterocycles. The minimum Gasteiger partial charge on any atom is -0.475 e. The first kappa shape index (κ1) is 16.4. The van der Waals surface area contributed by atoms with E-state index in [9.17, 15) is 0 Å². The highest BCUT2D eigenvalue weighted by atomic mass is 32.2. The fourth-order valence-corrected chi connectivity index (χ4v) is 3.13. The van der Waals surface area contributed by atoms with Crippen molar-refractivity contribution >= 4 is 17.7 Å². The molecule has 1 aliphatic heterocycles. The summed E-state index contributed by atoms with van der Waals surface area (Å²) in [6.45, 7) is 7.17. The molecule has 0 spiro atoms. The monoisotopic (exact) mass is 305 g/mol. The van der Waals surface area contributed by atoms with E-state index in [0.29, 0.717) is 6.61 Å². The summed E-state index contributed by atoms with van der Waals surface area (Å²) >= 11 is 1.76. The quantitative estimate of drug-likeness (QED) is 0.517. The highest BCUT2D eigenvalue weighted by Crippen LogP contribution is 2.28. The lowest BCUT2D eigenvalue weighted by atomic mass is 10.0. The van der Waals surface area contributed by atoms with E-state index in [1.165, 1.54) is 41.7 Å². The largest absolute Gasteiger partial charge is 0.475 e. The van der Waals surface area contributed by atoms with Crippen LogP contribution in [0.4, 0.5) is 0 Å². The third-order valence-corrected chi connectivity index (χ3v) is 4.58. The summed E-state index contributed by atoms with van der Waals surface area (Å²) < 4.78 is 5.83. The molecule has 0 radical (unpaired) electrons.